The molecule has 0 amide bonds. The van der Waals surface area contributed by atoms with E-state index in [1.165, 1.54) is 5.56 Å². The van der Waals surface area contributed by atoms with Gasteiger partial charge < -0.3 is 0 Å². The van der Waals surface area contributed by atoms with Gasteiger partial charge in [-0.2, -0.15) is 0 Å². The highest BCUT2D eigenvalue weighted by Crippen LogP contribution is 2.27. The molecule has 0 aliphatic heterocycles. The van der Waals surface area contributed by atoms with Crippen molar-refractivity contribution in [3.05, 3.63) is 54.1 Å². The first-order valence-electron chi connectivity index (χ1n) is 6.20. The molecule has 2 aromatic heterocycles. The molecule has 2 heterocycles. The number of imidazole rings is 1. The predicted molar refractivity (Wildman–Crippen MR) is 77.9 cm³/mol. The van der Waals surface area contributed by atoms with E-state index < -0.39 is 0 Å². The van der Waals surface area contributed by atoms with Crippen LogP contribution < -0.4 is 0 Å². The van der Waals surface area contributed by atoms with Crippen LogP contribution in [0.3, 0.4) is 0 Å². The van der Waals surface area contributed by atoms with Crippen molar-refractivity contribution in [2.45, 2.75) is 19.2 Å². The summed E-state index contributed by atoms with van der Waals surface area (Å²) < 4.78 is 2.09. The molecule has 0 saturated heterocycles. The summed E-state index contributed by atoms with van der Waals surface area (Å²) in [6.45, 7) is 4.01. The average Bonchev–Trinajstić information content (AvgIpc) is 2.79. The zero-order valence-corrected chi connectivity index (χ0v) is 11.6. The molecule has 1 unspecified atom stereocenters. The third kappa shape index (κ3) is 2.10. The zero-order chi connectivity index (χ0) is 13.4. The molecular formula is C15H14ClN3. The molecule has 0 spiro atoms. The quantitative estimate of drug-likeness (QED) is 0.659. The Morgan fingerprint density at radius 1 is 1.16 bits per heavy atom. The SMILES string of the molecule is Cc1ccc(-n2c(C(C)Cl)nc3cnccc32)cc1. The molecule has 4 heteroatoms. The minimum absolute atomic E-state index is 0.159. The summed E-state index contributed by atoms with van der Waals surface area (Å²) in [6, 6.07) is 10.3. The lowest BCUT2D eigenvalue weighted by molar-refractivity contribution is 0.882. The minimum atomic E-state index is -0.159. The highest BCUT2D eigenvalue weighted by molar-refractivity contribution is 6.20. The van der Waals surface area contributed by atoms with Crippen molar-refractivity contribution in [1.29, 1.82) is 0 Å². The first-order valence-corrected chi connectivity index (χ1v) is 6.64. The van der Waals surface area contributed by atoms with Gasteiger partial charge in [-0.05, 0) is 32.0 Å². The fraction of sp³-hybridized carbons (Fsp3) is 0.200. The Morgan fingerprint density at radius 3 is 2.58 bits per heavy atom. The van der Waals surface area contributed by atoms with Gasteiger partial charge in [0.1, 0.15) is 11.3 Å². The number of rotatable bonds is 2. The number of nitrogens with zero attached hydrogens (tertiary/aromatic N) is 3. The van der Waals surface area contributed by atoms with Crippen molar-refractivity contribution in [3.8, 4) is 5.69 Å². The molecule has 3 aromatic rings. The molecule has 0 saturated carbocycles. The van der Waals surface area contributed by atoms with Crippen molar-refractivity contribution in [2.24, 2.45) is 0 Å². The molecule has 96 valence electrons. The van der Waals surface area contributed by atoms with Crippen LogP contribution in [0.25, 0.3) is 16.7 Å². The summed E-state index contributed by atoms with van der Waals surface area (Å²) >= 11 is 6.26. The maximum atomic E-state index is 6.26. The summed E-state index contributed by atoms with van der Waals surface area (Å²) in [5, 5.41) is -0.159. The number of halogens is 1. The van der Waals surface area contributed by atoms with Crippen LogP contribution in [0.4, 0.5) is 0 Å². The van der Waals surface area contributed by atoms with Crippen LogP contribution in [0.15, 0.2) is 42.7 Å². The van der Waals surface area contributed by atoms with Crippen LogP contribution in [0.5, 0.6) is 0 Å². The number of fused-ring (bicyclic) bond motifs is 1. The summed E-state index contributed by atoms with van der Waals surface area (Å²) in [6.07, 6.45) is 3.54. The van der Waals surface area contributed by atoms with Crippen LogP contribution in [0.2, 0.25) is 0 Å². The van der Waals surface area contributed by atoms with Gasteiger partial charge in [0.05, 0.1) is 17.1 Å². The maximum absolute atomic E-state index is 6.26. The number of hydrogen-bond donors (Lipinski definition) is 0. The van der Waals surface area contributed by atoms with Crippen molar-refractivity contribution < 1.29 is 0 Å². The van der Waals surface area contributed by atoms with Crippen molar-refractivity contribution in [3.63, 3.8) is 0 Å². The molecular weight excluding hydrogens is 258 g/mol. The molecule has 3 rings (SSSR count). The van der Waals surface area contributed by atoms with E-state index in [0.717, 1.165) is 22.5 Å². The molecule has 3 nitrogen and oxygen atoms in total. The summed E-state index contributed by atoms with van der Waals surface area (Å²) in [5.41, 5.74) is 4.20. The van der Waals surface area contributed by atoms with Crippen LogP contribution >= 0.6 is 11.6 Å². The van der Waals surface area contributed by atoms with Crippen molar-refractivity contribution >= 4 is 22.6 Å². The highest BCUT2D eigenvalue weighted by Gasteiger charge is 2.15. The molecule has 19 heavy (non-hydrogen) atoms. The van der Waals surface area contributed by atoms with Gasteiger partial charge in [0.25, 0.3) is 0 Å². The monoisotopic (exact) mass is 271 g/mol. The lowest BCUT2D eigenvalue weighted by Crippen LogP contribution is -2.01. The molecule has 0 N–H and O–H groups in total. The Hall–Kier alpha value is -1.87. The number of hydrogen-bond acceptors (Lipinski definition) is 2. The predicted octanol–water partition coefficient (Wildman–Crippen LogP) is 4.03. The third-order valence-corrected chi connectivity index (χ3v) is 3.33. The number of benzene rings is 1. The van der Waals surface area contributed by atoms with Crippen LogP contribution in [0.1, 0.15) is 23.7 Å². The van der Waals surface area contributed by atoms with Gasteiger partial charge >= 0.3 is 0 Å². The second-order valence-corrected chi connectivity index (χ2v) is 5.28. The van der Waals surface area contributed by atoms with Gasteiger partial charge in [0, 0.05) is 11.9 Å². The highest BCUT2D eigenvalue weighted by atomic mass is 35.5. The van der Waals surface area contributed by atoms with Crippen molar-refractivity contribution in [1.82, 2.24) is 14.5 Å². The molecule has 0 aliphatic carbocycles. The van der Waals surface area contributed by atoms with Gasteiger partial charge in [0.2, 0.25) is 0 Å². The van der Waals surface area contributed by atoms with Crippen molar-refractivity contribution in [2.75, 3.05) is 0 Å². The maximum Gasteiger partial charge on any atom is 0.132 e. The van der Waals surface area contributed by atoms with Gasteiger partial charge in [-0.15, -0.1) is 11.6 Å². The smallest absolute Gasteiger partial charge is 0.132 e. The number of pyridine rings is 1. The summed E-state index contributed by atoms with van der Waals surface area (Å²) in [7, 11) is 0. The Labute approximate surface area is 116 Å². The van der Waals surface area contributed by atoms with Gasteiger partial charge in [-0.25, -0.2) is 4.98 Å². The number of aromatic nitrogens is 3. The van der Waals surface area contributed by atoms with E-state index in [9.17, 15) is 0 Å². The Balaban J connectivity index is 2.31. The van der Waals surface area contributed by atoms with E-state index >= 15 is 0 Å². The minimum Gasteiger partial charge on any atom is -0.295 e. The first kappa shape index (κ1) is 12.2. The van der Waals surface area contributed by atoms with E-state index in [0.29, 0.717) is 0 Å². The lowest BCUT2D eigenvalue weighted by Gasteiger charge is -2.10. The Morgan fingerprint density at radius 2 is 1.89 bits per heavy atom. The molecule has 1 atom stereocenters. The molecule has 0 aliphatic rings. The molecule has 0 fully saturated rings. The first-order chi connectivity index (χ1) is 9.16. The average molecular weight is 272 g/mol. The fourth-order valence-electron chi connectivity index (χ4n) is 2.18. The van der Waals surface area contributed by atoms with E-state index in [1.807, 2.05) is 13.0 Å². The Bertz CT molecular complexity index is 714. The summed E-state index contributed by atoms with van der Waals surface area (Å²) in [4.78, 5) is 8.70. The largest absolute Gasteiger partial charge is 0.295 e. The van der Waals surface area contributed by atoms with E-state index in [2.05, 4.69) is 45.7 Å². The van der Waals surface area contributed by atoms with Crippen LogP contribution in [-0.4, -0.2) is 14.5 Å². The van der Waals surface area contributed by atoms with Gasteiger partial charge in [-0.1, -0.05) is 17.7 Å². The standard InChI is InChI=1S/C15H14ClN3/c1-10-3-5-12(6-4-10)19-14-7-8-17-9-13(14)18-15(19)11(2)16/h3-9,11H,1-2H3. The third-order valence-electron chi connectivity index (χ3n) is 3.13. The fourth-order valence-corrected chi connectivity index (χ4v) is 2.33. The zero-order valence-electron chi connectivity index (χ0n) is 10.8. The topological polar surface area (TPSA) is 30.7 Å². The normalized spacial score (nSPS) is 12.8. The molecule has 0 radical (unpaired) electrons. The second kappa shape index (κ2) is 4.67. The number of alkyl halides is 1. The van der Waals surface area contributed by atoms with E-state index in [-0.39, 0.29) is 5.38 Å². The lowest BCUT2D eigenvalue weighted by atomic mass is 10.2. The van der Waals surface area contributed by atoms with Crippen LogP contribution in [0, 0.1) is 6.92 Å². The van der Waals surface area contributed by atoms with E-state index in [1.54, 1.807) is 12.4 Å². The Kier molecular flexibility index (Phi) is 2.99. The van der Waals surface area contributed by atoms with Gasteiger partial charge in [-0.3, -0.25) is 9.55 Å². The molecule has 1 aromatic carbocycles. The number of aryl methyl sites for hydroxylation is 1. The van der Waals surface area contributed by atoms with Crippen LogP contribution in [-0.2, 0) is 0 Å². The second-order valence-electron chi connectivity index (χ2n) is 4.62. The van der Waals surface area contributed by atoms with E-state index in [4.69, 9.17) is 11.6 Å². The summed E-state index contributed by atoms with van der Waals surface area (Å²) in [5.74, 6) is 0.841. The van der Waals surface area contributed by atoms with Gasteiger partial charge in [0.15, 0.2) is 0 Å². The molecule has 0 bridgehead atoms.